The van der Waals surface area contributed by atoms with E-state index in [0.717, 1.165) is 25.7 Å². The second kappa shape index (κ2) is 13.4. The fraction of sp³-hybridized carbons (Fsp3) is 0.750. The number of carboxylic acids is 1. The molecule has 0 aromatic carbocycles. The molecule has 3 heteroatoms. The van der Waals surface area contributed by atoms with Crippen molar-refractivity contribution in [2.45, 2.75) is 96.2 Å². The highest BCUT2D eigenvalue weighted by molar-refractivity contribution is 5.66. The summed E-state index contributed by atoms with van der Waals surface area (Å²) in [6.45, 7) is 2.26. The quantitative estimate of drug-likeness (QED) is 0.241. The number of epoxide rings is 1. The SMILES string of the molecule is CCCCCCCC[C@@H]1O[C@@H]1C/C=C\C/C=C\CCCC(=O)O. The predicted molar refractivity (Wildman–Crippen MR) is 95.7 cm³/mol. The molecular formula is C20H34O3. The molecule has 1 rings (SSSR count). The van der Waals surface area contributed by atoms with Crippen molar-refractivity contribution in [2.24, 2.45) is 0 Å². The number of hydrogen-bond donors (Lipinski definition) is 1. The van der Waals surface area contributed by atoms with Gasteiger partial charge in [0.25, 0.3) is 0 Å². The highest BCUT2D eigenvalue weighted by Gasteiger charge is 2.36. The zero-order valence-corrected chi connectivity index (χ0v) is 14.7. The second-order valence-corrected chi connectivity index (χ2v) is 6.47. The highest BCUT2D eigenvalue weighted by atomic mass is 16.6. The van der Waals surface area contributed by atoms with Crippen LogP contribution in [-0.2, 0) is 9.53 Å². The summed E-state index contributed by atoms with van der Waals surface area (Å²) in [5.41, 5.74) is 0. The first-order valence-corrected chi connectivity index (χ1v) is 9.41. The maximum absolute atomic E-state index is 10.3. The van der Waals surface area contributed by atoms with Gasteiger partial charge in [0.1, 0.15) is 0 Å². The van der Waals surface area contributed by atoms with Crippen LogP contribution in [0.5, 0.6) is 0 Å². The summed E-state index contributed by atoms with van der Waals surface area (Å²) >= 11 is 0. The first-order chi connectivity index (χ1) is 11.2. The van der Waals surface area contributed by atoms with Crippen LogP contribution in [0.4, 0.5) is 0 Å². The Kier molecular flexibility index (Phi) is 11.6. The summed E-state index contributed by atoms with van der Waals surface area (Å²) in [5, 5.41) is 8.52. The standard InChI is InChI=1S/C20H34O3/c1-2-3-4-5-9-12-15-18-19(23-18)16-13-10-7-6-8-11-14-17-20(21)22/h6,8,10,13,18-19H,2-5,7,9,11-12,14-17H2,1H3,(H,21,22)/b8-6-,13-10-/t18-,19+/m0/s1. The van der Waals surface area contributed by atoms with Crippen LogP contribution in [0.3, 0.4) is 0 Å². The number of unbranched alkanes of at least 4 members (excludes halogenated alkanes) is 6. The summed E-state index contributed by atoms with van der Waals surface area (Å²) < 4.78 is 5.70. The van der Waals surface area contributed by atoms with Crippen LogP contribution in [0, 0.1) is 0 Å². The van der Waals surface area contributed by atoms with Crippen LogP contribution in [0.2, 0.25) is 0 Å². The summed E-state index contributed by atoms with van der Waals surface area (Å²) in [7, 11) is 0. The van der Waals surface area contributed by atoms with Gasteiger partial charge in [-0.25, -0.2) is 0 Å². The van der Waals surface area contributed by atoms with E-state index in [2.05, 4.69) is 31.2 Å². The molecule has 1 aliphatic heterocycles. The van der Waals surface area contributed by atoms with Crippen molar-refractivity contribution in [2.75, 3.05) is 0 Å². The Morgan fingerprint density at radius 3 is 2.48 bits per heavy atom. The molecule has 0 amide bonds. The Balaban J connectivity index is 1.87. The molecule has 0 radical (unpaired) electrons. The molecule has 132 valence electrons. The third kappa shape index (κ3) is 12.1. The Bertz CT molecular complexity index is 360. The number of carbonyl (C=O) groups is 1. The number of allylic oxidation sites excluding steroid dienone is 3. The first kappa shape index (κ1) is 20.0. The average Bonchev–Trinajstić information content (AvgIpc) is 3.27. The fourth-order valence-corrected chi connectivity index (χ4v) is 2.76. The molecule has 1 aliphatic rings. The minimum atomic E-state index is -0.710. The van der Waals surface area contributed by atoms with E-state index in [0.29, 0.717) is 12.2 Å². The molecule has 3 nitrogen and oxygen atoms in total. The van der Waals surface area contributed by atoms with Gasteiger partial charge in [0, 0.05) is 6.42 Å². The zero-order chi connectivity index (χ0) is 16.8. The lowest BCUT2D eigenvalue weighted by atomic mass is 10.1. The van der Waals surface area contributed by atoms with E-state index in [4.69, 9.17) is 9.84 Å². The molecule has 1 fully saturated rings. The van der Waals surface area contributed by atoms with Crippen molar-refractivity contribution >= 4 is 5.97 Å². The van der Waals surface area contributed by atoms with Crippen LogP contribution in [0.25, 0.3) is 0 Å². The van der Waals surface area contributed by atoms with E-state index in [9.17, 15) is 4.79 Å². The normalized spacial score (nSPS) is 20.6. The number of aliphatic carboxylic acids is 1. The molecule has 0 aromatic rings. The van der Waals surface area contributed by atoms with Gasteiger partial charge in [0.05, 0.1) is 12.2 Å². The van der Waals surface area contributed by atoms with E-state index in [1.54, 1.807) is 0 Å². The fourth-order valence-electron chi connectivity index (χ4n) is 2.76. The van der Waals surface area contributed by atoms with Crippen molar-refractivity contribution in [3.8, 4) is 0 Å². The van der Waals surface area contributed by atoms with Gasteiger partial charge >= 0.3 is 5.97 Å². The topological polar surface area (TPSA) is 49.8 Å². The van der Waals surface area contributed by atoms with Gasteiger partial charge in [-0.15, -0.1) is 0 Å². The lowest BCUT2D eigenvalue weighted by Gasteiger charge is -1.98. The third-order valence-electron chi connectivity index (χ3n) is 4.27. The molecule has 1 saturated heterocycles. The lowest BCUT2D eigenvalue weighted by Crippen LogP contribution is -1.93. The van der Waals surface area contributed by atoms with Crippen molar-refractivity contribution < 1.29 is 14.6 Å². The van der Waals surface area contributed by atoms with Crippen LogP contribution >= 0.6 is 0 Å². The number of carboxylic acid groups (broad SMARTS) is 1. The highest BCUT2D eigenvalue weighted by Crippen LogP contribution is 2.30. The zero-order valence-electron chi connectivity index (χ0n) is 14.7. The molecule has 0 unspecified atom stereocenters. The summed E-state index contributed by atoms with van der Waals surface area (Å²) in [6, 6.07) is 0. The molecule has 0 saturated carbocycles. The van der Waals surface area contributed by atoms with E-state index in [1.165, 1.54) is 44.9 Å². The van der Waals surface area contributed by atoms with Crippen molar-refractivity contribution in [1.29, 1.82) is 0 Å². The number of ether oxygens (including phenoxy) is 1. The maximum atomic E-state index is 10.3. The average molecular weight is 322 g/mol. The van der Waals surface area contributed by atoms with Gasteiger partial charge in [-0.2, -0.15) is 0 Å². The Labute approximate surface area is 141 Å². The van der Waals surface area contributed by atoms with Gasteiger partial charge < -0.3 is 9.84 Å². The van der Waals surface area contributed by atoms with Crippen molar-refractivity contribution in [3.05, 3.63) is 24.3 Å². The van der Waals surface area contributed by atoms with E-state index >= 15 is 0 Å². The third-order valence-corrected chi connectivity index (χ3v) is 4.27. The summed E-state index contributed by atoms with van der Waals surface area (Å²) in [5.74, 6) is -0.710. The van der Waals surface area contributed by atoms with E-state index in [1.807, 2.05) is 0 Å². The van der Waals surface area contributed by atoms with Crippen molar-refractivity contribution in [3.63, 3.8) is 0 Å². The number of rotatable bonds is 15. The minimum absolute atomic E-state index is 0.263. The van der Waals surface area contributed by atoms with E-state index < -0.39 is 5.97 Å². The summed E-state index contributed by atoms with van der Waals surface area (Å²) in [4.78, 5) is 10.3. The van der Waals surface area contributed by atoms with Crippen LogP contribution in [-0.4, -0.2) is 23.3 Å². The minimum Gasteiger partial charge on any atom is -0.481 e. The largest absolute Gasteiger partial charge is 0.481 e. The predicted octanol–water partition coefficient (Wildman–Crippen LogP) is 5.65. The smallest absolute Gasteiger partial charge is 0.303 e. The Morgan fingerprint density at radius 1 is 0.957 bits per heavy atom. The molecule has 1 heterocycles. The number of hydrogen-bond acceptors (Lipinski definition) is 2. The molecule has 0 bridgehead atoms. The van der Waals surface area contributed by atoms with Gasteiger partial charge in [-0.1, -0.05) is 69.8 Å². The molecular weight excluding hydrogens is 288 g/mol. The van der Waals surface area contributed by atoms with Crippen LogP contribution in [0.1, 0.15) is 84.0 Å². The molecule has 0 spiro atoms. The van der Waals surface area contributed by atoms with Gasteiger partial charge in [-0.05, 0) is 32.1 Å². The molecule has 23 heavy (non-hydrogen) atoms. The summed E-state index contributed by atoms with van der Waals surface area (Å²) in [6.07, 6.45) is 22.7. The second-order valence-electron chi connectivity index (χ2n) is 6.47. The monoisotopic (exact) mass is 322 g/mol. The van der Waals surface area contributed by atoms with Crippen LogP contribution < -0.4 is 0 Å². The Morgan fingerprint density at radius 2 is 1.70 bits per heavy atom. The van der Waals surface area contributed by atoms with E-state index in [-0.39, 0.29) is 6.42 Å². The maximum Gasteiger partial charge on any atom is 0.303 e. The van der Waals surface area contributed by atoms with Gasteiger partial charge in [0.15, 0.2) is 0 Å². The molecule has 2 atom stereocenters. The van der Waals surface area contributed by atoms with Crippen LogP contribution in [0.15, 0.2) is 24.3 Å². The molecule has 1 N–H and O–H groups in total. The molecule has 0 aromatic heterocycles. The molecule has 0 aliphatic carbocycles. The van der Waals surface area contributed by atoms with Gasteiger partial charge in [0.2, 0.25) is 0 Å². The lowest BCUT2D eigenvalue weighted by molar-refractivity contribution is -0.137. The Hall–Kier alpha value is -1.09. The van der Waals surface area contributed by atoms with Crippen molar-refractivity contribution in [1.82, 2.24) is 0 Å². The first-order valence-electron chi connectivity index (χ1n) is 9.41. The van der Waals surface area contributed by atoms with Gasteiger partial charge in [-0.3, -0.25) is 4.79 Å².